The first-order valence-electron chi connectivity index (χ1n) is 8.44. The van der Waals surface area contributed by atoms with E-state index >= 15 is 0 Å². The lowest BCUT2D eigenvalue weighted by molar-refractivity contribution is -0.122. The second-order valence-corrected chi connectivity index (χ2v) is 6.48. The molecule has 0 saturated carbocycles. The quantitative estimate of drug-likeness (QED) is 0.839. The van der Waals surface area contributed by atoms with Gasteiger partial charge in [-0.3, -0.25) is 4.79 Å². The molecule has 0 aliphatic rings. The van der Waals surface area contributed by atoms with Crippen LogP contribution >= 0.6 is 0 Å². The summed E-state index contributed by atoms with van der Waals surface area (Å²) in [5, 5.41) is 11.5. The van der Waals surface area contributed by atoms with E-state index in [9.17, 15) is 4.79 Å². The molecule has 1 atom stereocenters. The molecule has 0 radical (unpaired) electrons. The number of hydrogen-bond acceptors (Lipinski definition) is 3. The third kappa shape index (κ3) is 5.09. The molecule has 0 saturated heterocycles. The van der Waals surface area contributed by atoms with Gasteiger partial charge in [0.25, 0.3) is 5.91 Å². The largest absolute Gasteiger partial charge is 0.481 e. The Kier molecular flexibility index (Phi) is 6.19. The number of hydrogen-bond donors (Lipinski definition) is 1. The zero-order valence-electron chi connectivity index (χ0n) is 15.2. The van der Waals surface area contributed by atoms with Crippen molar-refractivity contribution in [2.45, 2.75) is 46.1 Å². The molecule has 130 valence electrons. The zero-order chi connectivity index (χ0) is 18.4. The van der Waals surface area contributed by atoms with Crippen LogP contribution in [0, 0.1) is 18.3 Å². The average Bonchev–Trinajstić information content (AvgIpc) is 2.56. The first kappa shape index (κ1) is 18.5. The standard InChI is InChI=1S/C21H24N2O2/c1-14(2)19-10-5-15(3)13-20(19)25-16(4)21(24)23-18-8-6-17(7-9-18)11-12-22/h5-10,13-14,16H,11H2,1-4H3,(H,23,24). The van der Waals surface area contributed by atoms with E-state index in [1.54, 1.807) is 19.1 Å². The van der Waals surface area contributed by atoms with Crippen molar-refractivity contribution >= 4 is 11.6 Å². The molecule has 0 aliphatic carbocycles. The molecule has 4 heteroatoms. The second-order valence-electron chi connectivity index (χ2n) is 6.48. The lowest BCUT2D eigenvalue weighted by Gasteiger charge is -2.19. The van der Waals surface area contributed by atoms with Crippen LogP contribution in [0.15, 0.2) is 42.5 Å². The number of nitriles is 1. The fourth-order valence-corrected chi connectivity index (χ4v) is 2.51. The zero-order valence-corrected chi connectivity index (χ0v) is 15.2. The van der Waals surface area contributed by atoms with Crippen LogP contribution in [-0.4, -0.2) is 12.0 Å². The summed E-state index contributed by atoms with van der Waals surface area (Å²) in [5.41, 5.74) is 3.80. The second kappa shape index (κ2) is 8.34. The Morgan fingerprint density at radius 2 is 1.84 bits per heavy atom. The van der Waals surface area contributed by atoms with Crippen molar-refractivity contribution in [1.29, 1.82) is 5.26 Å². The normalized spacial score (nSPS) is 11.7. The maximum absolute atomic E-state index is 12.4. The van der Waals surface area contributed by atoms with Crippen LogP contribution in [0.5, 0.6) is 5.75 Å². The van der Waals surface area contributed by atoms with Gasteiger partial charge in [0.05, 0.1) is 12.5 Å². The third-order valence-electron chi connectivity index (χ3n) is 3.97. The maximum Gasteiger partial charge on any atom is 0.265 e. The van der Waals surface area contributed by atoms with Crippen molar-refractivity contribution < 1.29 is 9.53 Å². The molecule has 1 amide bonds. The van der Waals surface area contributed by atoms with E-state index in [1.807, 2.05) is 31.2 Å². The van der Waals surface area contributed by atoms with E-state index in [0.717, 1.165) is 22.4 Å². The molecule has 4 nitrogen and oxygen atoms in total. The SMILES string of the molecule is Cc1ccc(C(C)C)c(OC(C)C(=O)Nc2ccc(CC#N)cc2)c1. The highest BCUT2D eigenvalue weighted by molar-refractivity contribution is 5.94. The number of anilines is 1. The molecule has 0 bridgehead atoms. The van der Waals surface area contributed by atoms with Crippen molar-refractivity contribution in [3.63, 3.8) is 0 Å². The molecule has 1 N–H and O–H groups in total. The minimum Gasteiger partial charge on any atom is -0.481 e. The van der Waals surface area contributed by atoms with Crippen LogP contribution in [0.1, 0.15) is 43.4 Å². The summed E-state index contributed by atoms with van der Waals surface area (Å²) in [5.74, 6) is 0.866. The molecule has 0 fully saturated rings. The number of benzene rings is 2. The van der Waals surface area contributed by atoms with E-state index < -0.39 is 6.10 Å². The Bertz CT molecular complexity index is 773. The molecule has 2 aromatic rings. The van der Waals surface area contributed by atoms with Gasteiger partial charge < -0.3 is 10.1 Å². The van der Waals surface area contributed by atoms with Gasteiger partial charge in [-0.2, -0.15) is 5.26 Å². The van der Waals surface area contributed by atoms with Gasteiger partial charge in [-0.25, -0.2) is 0 Å². The summed E-state index contributed by atoms with van der Waals surface area (Å²) in [4.78, 5) is 12.4. The molecule has 2 rings (SSSR count). The van der Waals surface area contributed by atoms with Crippen molar-refractivity contribution in [2.75, 3.05) is 5.32 Å². The number of nitrogens with zero attached hydrogens (tertiary/aromatic N) is 1. The molecule has 0 spiro atoms. The van der Waals surface area contributed by atoms with Crippen molar-refractivity contribution in [2.24, 2.45) is 0 Å². The molecule has 2 aromatic carbocycles. The molecule has 0 aliphatic heterocycles. The van der Waals surface area contributed by atoms with Gasteiger partial charge in [0.1, 0.15) is 5.75 Å². The number of amides is 1. The predicted molar refractivity (Wildman–Crippen MR) is 99.7 cm³/mol. The lowest BCUT2D eigenvalue weighted by atomic mass is 10.0. The molecular formula is C21H24N2O2. The molecule has 25 heavy (non-hydrogen) atoms. The Balaban J connectivity index is 2.05. The third-order valence-corrected chi connectivity index (χ3v) is 3.97. The minimum atomic E-state index is -0.613. The van der Waals surface area contributed by atoms with Crippen LogP contribution in [0.2, 0.25) is 0 Å². The molecular weight excluding hydrogens is 312 g/mol. The summed E-state index contributed by atoms with van der Waals surface area (Å²) in [6.07, 6.45) is -0.253. The van der Waals surface area contributed by atoms with Gasteiger partial charge in [-0.15, -0.1) is 0 Å². The van der Waals surface area contributed by atoms with Crippen molar-refractivity contribution in [3.8, 4) is 11.8 Å². The average molecular weight is 336 g/mol. The number of rotatable bonds is 6. The summed E-state index contributed by atoms with van der Waals surface area (Å²) in [6.45, 7) is 7.95. The number of aryl methyl sites for hydroxylation is 1. The van der Waals surface area contributed by atoms with E-state index in [1.165, 1.54) is 0 Å². The molecule has 1 unspecified atom stereocenters. The monoisotopic (exact) mass is 336 g/mol. The predicted octanol–water partition coefficient (Wildman–Crippen LogP) is 4.59. The highest BCUT2D eigenvalue weighted by Gasteiger charge is 2.17. The van der Waals surface area contributed by atoms with Crippen LogP contribution in [0.4, 0.5) is 5.69 Å². The minimum absolute atomic E-state index is 0.204. The Labute approximate surface area is 149 Å². The molecule has 0 heterocycles. The summed E-state index contributed by atoms with van der Waals surface area (Å²) < 4.78 is 5.93. The van der Waals surface area contributed by atoms with E-state index in [-0.39, 0.29) is 5.91 Å². The van der Waals surface area contributed by atoms with Crippen LogP contribution < -0.4 is 10.1 Å². The Morgan fingerprint density at radius 1 is 1.16 bits per heavy atom. The number of carbonyl (C=O) groups excluding carboxylic acids is 1. The van der Waals surface area contributed by atoms with Gasteiger partial charge >= 0.3 is 0 Å². The summed E-state index contributed by atoms with van der Waals surface area (Å²) >= 11 is 0. The van der Waals surface area contributed by atoms with Crippen LogP contribution in [0.25, 0.3) is 0 Å². The van der Waals surface area contributed by atoms with Gasteiger partial charge in [0.15, 0.2) is 6.10 Å². The Morgan fingerprint density at radius 3 is 2.44 bits per heavy atom. The van der Waals surface area contributed by atoms with E-state index in [0.29, 0.717) is 18.0 Å². The summed E-state index contributed by atoms with van der Waals surface area (Å²) in [6, 6.07) is 15.4. The van der Waals surface area contributed by atoms with Crippen LogP contribution in [-0.2, 0) is 11.2 Å². The summed E-state index contributed by atoms with van der Waals surface area (Å²) in [7, 11) is 0. The van der Waals surface area contributed by atoms with Crippen LogP contribution in [0.3, 0.4) is 0 Å². The lowest BCUT2D eigenvalue weighted by Crippen LogP contribution is -2.30. The molecule has 0 aromatic heterocycles. The number of nitrogens with one attached hydrogen (secondary N) is 1. The highest BCUT2D eigenvalue weighted by atomic mass is 16.5. The Hall–Kier alpha value is -2.80. The fraction of sp³-hybridized carbons (Fsp3) is 0.333. The maximum atomic E-state index is 12.4. The van der Waals surface area contributed by atoms with Gasteiger partial charge in [0, 0.05) is 5.69 Å². The number of ether oxygens (including phenoxy) is 1. The van der Waals surface area contributed by atoms with E-state index in [4.69, 9.17) is 10.00 Å². The first-order chi connectivity index (χ1) is 11.9. The van der Waals surface area contributed by atoms with Crippen molar-refractivity contribution in [1.82, 2.24) is 0 Å². The fourth-order valence-electron chi connectivity index (χ4n) is 2.51. The first-order valence-corrected chi connectivity index (χ1v) is 8.44. The van der Waals surface area contributed by atoms with Crippen molar-refractivity contribution in [3.05, 3.63) is 59.2 Å². The van der Waals surface area contributed by atoms with Gasteiger partial charge in [-0.05, 0) is 54.7 Å². The van der Waals surface area contributed by atoms with E-state index in [2.05, 4.69) is 31.3 Å². The van der Waals surface area contributed by atoms with Gasteiger partial charge in [-0.1, -0.05) is 38.1 Å². The smallest absolute Gasteiger partial charge is 0.265 e. The topological polar surface area (TPSA) is 62.1 Å². The van der Waals surface area contributed by atoms with Gasteiger partial charge in [0.2, 0.25) is 0 Å². The number of carbonyl (C=O) groups is 1. The highest BCUT2D eigenvalue weighted by Crippen LogP contribution is 2.28.